The van der Waals surface area contributed by atoms with Gasteiger partial charge in [0.1, 0.15) is 0 Å². The van der Waals surface area contributed by atoms with E-state index < -0.39 is 11.5 Å². The molecule has 1 aliphatic heterocycles. The van der Waals surface area contributed by atoms with Crippen LogP contribution in [-0.2, 0) is 5.41 Å². The highest BCUT2D eigenvalue weighted by Gasteiger charge is 2.46. The third-order valence-corrected chi connectivity index (χ3v) is 5.08. The van der Waals surface area contributed by atoms with E-state index in [2.05, 4.69) is 22.0 Å². The fraction of sp³-hybridized carbons (Fsp3) is 0.529. The van der Waals surface area contributed by atoms with Crippen molar-refractivity contribution >= 4 is 22.0 Å². The molecule has 1 N–H and O–H groups in total. The maximum absolute atomic E-state index is 11.5. The molecule has 118 valence electrons. The molecule has 1 saturated heterocycles. The van der Waals surface area contributed by atoms with Crippen LogP contribution in [0.5, 0.6) is 0 Å². The average Bonchev–Trinajstić information content (AvgIpc) is 2.46. The summed E-state index contributed by atoms with van der Waals surface area (Å²) in [4.78, 5) is 13.0. The van der Waals surface area contributed by atoms with Gasteiger partial charge >= 0.3 is 6.09 Å². The molecule has 0 bridgehead atoms. The molecular formula is C17H21BrN2O2. The maximum atomic E-state index is 11.5. The van der Waals surface area contributed by atoms with Crippen LogP contribution in [0.15, 0.2) is 28.7 Å². The highest BCUT2D eigenvalue weighted by atomic mass is 79.9. The van der Waals surface area contributed by atoms with Crippen LogP contribution in [0.1, 0.15) is 39.2 Å². The van der Waals surface area contributed by atoms with Crippen molar-refractivity contribution in [3.05, 3.63) is 34.3 Å². The van der Waals surface area contributed by atoms with E-state index in [1.165, 1.54) is 4.90 Å². The fourth-order valence-electron chi connectivity index (χ4n) is 3.21. The van der Waals surface area contributed by atoms with Crippen LogP contribution >= 0.6 is 15.9 Å². The molecule has 1 heterocycles. The second-order valence-electron chi connectivity index (χ2n) is 7.01. The predicted octanol–water partition coefficient (Wildman–Crippen LogP) is 4.40. The van der Waals surface area contributed by atoms with Gasteiger partial charge in [-0.1, -0.05) is 48.8 Å². The van der Waals surface area contributed by atoms with Crippen molar-refractivity contribution in [2.24, 2.45) is 5.41 Å². The van der Waals surface area contributed by atoms with E-state index in [1.807, 2.05) is 45.0 Å². The van der Waals surface area contributed by atoms with E-state index in [0.29, 0.717) is 19.4 Å². The standard InChI is InChI=1S/C17H21BrN2O2/c1-16(2,3)14-10-17(11-19,8-9-20(14)15(21)22)12-4-6-13(18)7-5-12/h4-7,14H,8-10H2,1-3H3,(H,21,22). The van der Waals surface area contributed by atoms with Gasteiger partial charge < -0.3 is 10.0 Å². The average molecular weight is 365 g/mol. The van der Waals surface area contributed by atoms with E-state index in [4.69, 9.17) is 0 Å². The highest BCUT2D eigenvalue weighted by molar-refractivity contribution is 9.10. The van der Waals surface area contributed by atoms with Gasteiger partial charge in [-0.25, -0.2) is 4.79 Å². The topological polar surface area (TPSA) is 64.3 Å². The molecule has 1 aromatic rings. The van der Waals surface area contributed by atoms with Crippen molar-refractivity contribution in [2.75, 3.05) is 6.54 Å². The Morgan fingerprint density at radius 1 is 1.41 bits per heavy atom. The number of halogens is 1. The van der Waals surface area contributed by atoms with Gasteiger partial charge in [0.05, 0.1) is 11.5 Å². The summed E-state index contributed by atoms with van der Waals surface area (Å²) in [6.07, 6.45) is 0.160. The first kappa shape index (κ1) is 16.8. The van der Waals surface area contributed by atoms with Crippen LogP contribution in [0.3, 0.4) is 0 Å². The molecule has 1 aliphatic rings. The van der Waals surface area contributed by atoms with Crippen molar-refractivity contribution in [3.8, 4) is 6.07 Å². The summed E-state index contributed by atoms with van der Waals surface area (Å²) in [5.41, 5.74) is 0.137. The lowest BCUT2D eigenvalue weighted by molar-refractivity contribution is 0.0413. The van der Waals surface area contributed by atoms with Gasteiger partial charge in [-0.2, -0.15) is 5.26 Å². The summed E-state index contributed by atoms with van der Waals surface area (Å²) in [5.74, 6) is 0. The summed E-state index contributed by atoms with van der Waals surface area (Å²) < 4.78 is 0.972. The van der Waals surface area contributed by atoms with Crippen LogP contribution in [0.25, 0.3) is 0 Å². The number of hydrogen-bond acceptors (Lipinski definition) is 2. The second-order valence-corrected chi connectivity index (χ2v) is 7.93. The lowest BCUT2D eigenvalue weighted by Crippen LogP contribution is -2.55. The number of likely N-dealkylation sites (tertiary alicyclic amines) is 1. The van der Waals surface area contributed by atoms with Gasteiger partial charge in [0.25, 0.3) is 0 Å². The van der Waals surface area contributed by atoms with Gasteiger partial charge in [-0.15, -0.1) is 0 Å². The number of piperidine rings is 1. The number of carboxylic acid groups (broad SMARTS) is 1. The normalized spacial score (nSPS) is 25.6. The fourth-order valence-corrected chi connectivity index (χ4v) is 3.47. The van der Waals surface area contributed by atoms with Crippen LogP contribution in [0, 0.1) is 16.7 Å². The molecule has 0 aromatic heterocycles. The monoisotopic (exact) mass is 364 g/mol. The molecule has 0 radical (unpaired) electrons. The molecule has 0 spiro atoms. The minimum absolute atomic E-state index is 0.179. The first-order valence-corrected chi connectivity index (χ1v) is 8.16. The van der Waals surface area contributed by atoms with Gasteiger partial charge in [0.15, 0.2) is 0 Å². The lowest BCUT2D eigenvalue weighted by Gasteiger charge is -2.47. The third kappa shape index (κ3) is 3.12. The summed E-state index contributed by atoms with van der Waals surface area (Å²) in [5, 5.41) is 19.3. The number of nitrogens with zero attached hydrogens (tertiary/aromatic N) is 2. The lowest BCUT2D eigenvalue weighted by atomic mass is 9.66. The first-order chi connectivity index (χ1) is 10.2. The number of amides is 1. The Morgan fingerprint density at radius 2 is 2.00 bits per heavy atom. The van der Waals surface area contributed by atoms with Crippen molar-refractivity contribution in [1.29, 1.82) is 5.26 Å². The van der Waals surface area contributed by atoms with Crippen molar-refractivity contribution in [3.63, 3.8) is 0 Å². The minimum Gasteiger partial charge on any atom is -0.465 e. The van der Waals surface area contributed by atoms with Crippen LogP contribution in [0.2, 0.25) is 0 Å². The highest BCUT2D eigenvalue weighted by Crippen LogP contribution is 2.43. The molecule has 1 amide bonds. The Kier molecular flexibility index (Phi) is 4.53. The van der Waals surface area contributed by atoms with E-state index in [1.54, 1.807) is 0 Å². The van der Waals surface area contributed by atoms with Crippen LogP contribution in [-0.4, -0.2) is 28.7 Å². The second kappa shape index (κ2) is 5.92. The third-order valence-electron chi connectivity index (χ3n) is 4.55. The summed E-state index contributed by atoms with van der Waals surface area (Å²) in [6, 6.07) is 10.1. The zero-order valence-electron chi connectivity index (χ0n) is 13.1. The van der Waals surface area contributed by atoms with E-state index in [0.717, 1.165) is 10.0 Å². The maximum Gasteiger partial charge on any atom is 0.407 e. The Labute approximate surface area is 139 Å². The van der Waals surface area contributed by atoms with Crippen molar-refractivity contribution in [1.82, 2.24) is 4.90 Å². The minimum atomic E-state index is -0.901. The summed E-state index contributed by atoms with van der Waals surface area (Å²) >= 11 is 3.41. The number of rotatable bonds is 1. The SMILES string of the molecule is CC(C)(C)C1CC(C#N)(c2ccc(Br)cc2)CCN1C(=O)O. The Balaban J connectivity index is 2.41. The van der Waals surface area contributed by atoms with Crippen LogP contribution in [0.4, 0.5) is 4.79 Å². The molecule has 2 atom stereocenters. The van der Waals surface area contributed by atoms with E-state index in [-0.39, 0.29) is 11.5 Å². The number of carbonyl (C=O) groups is 1. The molecule has 1 fully saturated rings. The summed E-state index contributed by atoms with van der Waals surface area (Å²) in [7, 11) is 0. The molecular weight excluding hydrogens is 344 g/mol. The van der Waals surface area contributed by atoms with Crippen molar-refractivity contribution in [2.45, 2.75) is 45.1 Å². The molecule has 1 aromatic carbocycles. The summed E-state index contributed by atoms with van der Waals surface area (Å²) in [6.45, 7) is 6.48. The Morgan fingerprint density at radius 3 is 2.45 bits per heavy atom. The molecule has 4 nitrogen and oxygen atoms in total. The molecule has 0 aliphatic carbocycles. The molecule has 2 unspecified atom stereocenters. The van der Waals surface area contributed by atoms with Gasteiger partial charge in [0, 0.05) is 17.1 Å². The van der Waals surface area contributed by atoms with Crippen LogP contribution < -0.4 is 0 Å². The first-order valence-electron chi connectivity index (χ1n) is 7.36. The number of benzene rings is 1. The zero-order chi connectivity index (χ0) is 16.5. The number of hydrogen-bond donors (Lipinski definition) is 1. The Hall–Kier alpha value is -1.54. The molecule has 5 heteroatoms. The molecule has 22 heavy (non-hydrogen) atoms. The van der Waals surface area contributed by atoms with E-state index >= 15 is 0 Å². The smallest absolute Gasteiger partial charge is 0.407 e. The molecule has 2 rings (SSSR count). The quantitative estimate of drug-likeness (QED) is 0.802. The van der Waals surface area contributed by atoms with Gasteiger partial charge in [-0.3, -0.25) is 0 Å². The largest absolute Gasteiger partial charge is 0.465 e. The van der Waals surface area contributed by atoms with Crippen molar-refractivity contribution < 1.29 is 9.90 Å². The van der Waals surface area contributed by atoms with Gasteiger partial charge in [0.2, 0.25) is 0 Å². The van der Waals surface area contributed by atoms with E-state index in [9.17, 15) is 15.2 Å². The predicted molar refractivity (Wildman–Crippen MR) is 88.6 cm³/mol. The van der Waals surface area contributed by atoms with Gasteiger partial charge in [-0.05, 0) is 36.0 Å². The molecule has 0 saturated carbocycles. The Bertz CT molecular complexity index is 601. The zero-order valence-corrected chi connectivity index (χ0v) is 14.7. The number of nitriles is 1.